The predicted octanol–water partition coefficient (Wildman–Crippen LogP) is 9.97. The first-order valence-corrected chi connectivity index (χ1v) is 22.2. The highest BCUT2D eigenvalue weighted by Crippen LogP contribution is 2.49. The van der Waals surface area contributed by atoms with Gasteiger partial charge in [0.15, 0.2) is 22.4 Å². The number of carbonyl (C=O) groups is 2. The molecule has 1 saturated carbocycles. The van der Waals surface area contributed by atoms with E-state index in [1.807, 2.05) is 30.3 Å². The number of carbonyl (C=O) groups excluding carboxylic acids is 2. The lowest BCUT2D eigenvalue weighted by Crippen LogP contribution is -2.45. The molecule has 1 aromatic rings. The van der Waals surface area contributed by atoms with Gasteiger partial charge < -0.3 is 13.6 Å². The molecule has 1 unspecified atom stereocenters. The number of unbranched alkanes of at least 4 members (excludes halogenated alkanes) is 3. The minimum absolute atomic E-state index is 0.121. The molecule has 240 valence electrons. The van der Waals surface area contributed by atoms with Gasteiger partial charge in [-0.1, -0.05) is 91.1 Å². The second kappa shape index (κ2) is 15.6. The average Bonchev–Trinajstić information content (AvgIpc) is 3.19. The van der Waals surface area contributed by atoms with Crippen LogP contribution < -0.4 is 0 Å². The van der Waals surface area contributed by atoms with Crippen molar-refractivity contribution in [3.63, 3.8) is 0 Å². The first-order chi connectivity index (χ1) is 19.4. The highest BCUT2D eigenvalue weighted by atomic mass is 28.4. The van der Waals surface area contributed by atoms with Crippen LogP contribution in [0.4, 0.5) is 0 Å². The van der Waals surface area contributed by atoms with Crippen LogP contribution >= 0.6 is 0 Å². The molecule has 0 aromatic heterocycles. The maximum Gasteiger partial charge on any atom is 0.305 e. The van der Waals surface area contributed by atoms with Crippen molar-refractivity contribution in [3.8, 4) is 0 Å². The van der Waals surface area contributed by atoms with E-state index >= 15 is 0 Å². The van der Waals surface area contributed by atoms with Crippen molar-refractivity contribution in [2.75, 3.05) is 7.11 Å². The van der Waals surface area contributed by atoms with Crippen molar-refractivity contribution in [1.29, 1.82) is 0 Å². The summed E-state index contributed by atoms with van der Waals surface area (Å²) in [5.74, 6) is 0.907. The zero-order valence-electron chi connectivity index (χ0n) is 28.8. The van der Waals surface area contributed by atoms with Gasteiger partial charge >= 0.3 is 5.97 Å². The summed E-state index contributed by atoms with van der Waals surface area (Å²) < 4.78 is 19.2. The molecule has 0 radical (unpaired) electrons. The topological polar surface area (TPSA) is 61.8 Å². The largest absolute Gasteiger partial charge is 0.469 e. The molecule has 1 fully saturated rings. The summed E-state index contributed by atoms with van der Waals surface area (Å²) in [5, 5.41) is 0.274. The van der Waals surface area contributed by atoms with E-state index in [0.29, 0.717) is 24.7 Å². The van der Waals surface area contributed by atoms with E-state index in [9.17, 15) is 9.59 Å². The Labute approximate surface area is 260 Å². The lowest BCUT2D eigenvalue weighted by Gasteiger charge is -2.40. The summed E-state index contributed by atoms with van der Waals surface area (Å²) in [6.45, 7) is 23.4. The molecule has 1 aliphatic rings. The van der Waals surface area contributed by atoms with Crippen molar-refractivity contribution in [2.24, 2.45) is 11.8 Å². The van der Waals surface area contributed by atoms with Crippen molar-refractivity contribution in [3.05, 3.63) is 35.9 Å². The summed E-state index contributed by atoms with van der Waals surface area (Å²) >= 11 is 0. The zero-order chi connectivity index (χ0) is 31.8. The molecule has 0 aliphatic heterocycles. The molecule has 42 heavy (non-hydrogen) atoms. The third-order valence-electron chi connectivity index (χ3n) is 10.4. The van der Waals surface area contributed by atoms with Crippen LogP contribution in [0, 0.1) is 11.8 Å². The SMILES string of the molecule is COC(=O)CCCCCC[C@H]1[C@@H](O[Si](C)(C)C(C)(C)C)CC(O[Si](C)(C)C(C)(C)C)[C@@H]1CCCC(=O)c1ccccc1. The number of methoxy groups -OCH3 is 1. The fraction of sp³-hybridized carbons (Fsp3) is 0.771. The molecule has 2 rings (SSSR count). The van der Waals surface area contributed by atoms with Crippen LogP contribution in [0.3, 0.4) is 0 Å². The van der Waals surface area contributed by atoms with E-state index in [4.69, 9.17) is 13.6 Å². The number of hydrogen-bond acceptors (Lipinski definition) is 5. The summed E-state index contributed by atoms with van der Waals surface area (Å²) in [6, 6.07) is 9.69. The Bertz CT molecular complexity index is 977. The molecule has 0 bridgehead atoms. The maximum absolute atomic E-state index is 13.0. The number of ether oxygens (including phenoxy) is 1. The monoisotopic (exact) mass is 618 g/mol. The van der Waals surface area contributed by atoms with Crippen LogP contribution in [0.2, 0.25) is 36.3 Å². The Morgan fingerprint density at radius 2 is 1.19 bits per heavy atom. The Kier molecular flexibility index (Phi) is 13.7. The summed E-state index contributed by atoms with van der Waals surface area (Å²) in [7, 11) is -2.53. The van der Waals surface area contributed by atoms with Crippen LogP contribution in [-0.2, 0) is 18.4 Å². The fourth-order valence-electron chi connectivity index (χ4n) is 5.68. The third-order valence-corrected chi connectivity index (χ3v) is 19.4. The molecule has 0 amide bonds. The minimum Gasteiger partial charge on any atom is -0.469 e. The van der Waals surface area contributed by atoms with Gasteiger partial charge in [0.2, 0.25) is 0 Å². The third kappa shape index (κ3) is 10.7. The smallest absolute Gasteiger partial charge is 0.305 e. The first-order valence-electron chi connectivity index (χ1n) is 16.4. The normalized spacial score (nSPS) is 21.9. The first kappa shape index (κ1) is 36.9. The molecular weight excluding hydrogens is 557 g/mol. The number of hydrogen-bond donors (Lipinski definition) is 0. The van der Waals surface area contributed by atoms with Crippen LogP contribution in [0.5, 0.6) is 0 Å². The lowest BCUT2D eigenvalue weighted by molar-refractivity contribution is -0.140. The van der Waals surface area contributed by atoms with Gasteiger partial charge in [0.05, 0.1) is 19.3 Å². The molecule has 0 N–H and O–H groups in total. The highest BCUT2D eigenvalue weighted by molar-refractivity contribution is 6.74. The van der Waals surface area contributed by atoms with Gasteiger partial charge in [-0.3, -0.25) is 9.59 Å². The number of benzene rings is 1. The Hall–Kier alpha value is -1.29. The number of esters is 1. The van der Waals surface area contributed by atoms with E-state index in [1.54, 1.807) is 0 Å². The standard InChI is InChI=1S/C35H62O5Si2/c1-34(2,3)41(8,9)39-31-26-32(40-42(10,11)35(4,5)6)29(23-19-24-30(36)27-20-15-14-16-21-27)28(31)22-17-12-13-18-25-33(37)38-7/h14-16,20-21,28-29,31-32H,12-13,17-19,22-26H2,1-11H3/t28-,29-,31+,32?/m1/s1. The van der Waals surface area contributed by atoms with Crippen LogP contribution in [0.1, 0.15) is 116 Å². The van der Waals surface area contributed by atoms with Crippen molar-refractivity contribution in [1.82, 2.24) is 0 Å². The summed E-state index contributed by atoms with van der Waals surface area (Å²) in [6.07, 6.45) is 9.47. The van der Waals surface area contributed by atoms with Gasteiger partial charge in [0, 0.05) is 18.4 Å². The zero-order valence-corrected chi connectivity index (χ0v) is 30.8. The second-order valence-electron chi connectivity index (χ2n) is 15.6. The molecule has 7 heteroatoms. The summed E-state index contributed by atoms with van der Waals surface area (Å²) in [4.78, 5) is 24.5. The lowest BCUT2D eigenvalue weighted by atomic mass is 9.84. The molecule has 0 heterocycles. The summed E-state index contributed by atoms with van der Waals surface area (Å²) in [5.41, 5.74) is 0.806. The number of ketones is 1. The second-order valence-corrected chi connectivity index (χ2v) is 25.1. The predicted molar refractivity (Wildman–Crippen MR) is 180 cm³/mol. The van der Waals surface area contributed by atoms with Gasteiger partial charge in [-0.2, -0.15) is 0 Å². The highest BCUT2D eigenvalue weighted by Gasteiger charge is 2.50. The molecule has 4 atom stereocenters. The molecule has 1 aliphatic carbocycles. The molecular formula is C35H62O5Si2. The van der Waals surface area contributed by atoms with Crippen molar-refractivity contribution in [2.45, 2.75) is 154 Å². The van der Waals surface area contributed by atoms with Crippen LogP contribution in [0.15, 0.2) is 30.3 Å². The van der Waals surface area contributed by atoms with Crippen molar-refractivity contribution >= 4 is 28.4 Å². The molecule has 1 aromatic carbocycles. The Morgan fingerprint density at radius 1 is 0.714 bits per heavy atom. The van der Waals surface area contributed by atoms with Crippen LogP contribution in [0.25, 0.3) is 0 Å². The van der Waals surface area contributed by atoms with Gasteiger partial charge in [0.25, 0.3) is 0 Å². The van der Waals surface area contributed by atoms with E-state index in [2.05, 4.69) is 67.7 Å². The van der Waals surface area contributed by atoms with E-state index < -0.39 is 16.6 Å². The minimum atomic E-state index is -2.00. The van der Waals surface area contributed by atoms with Gasteiger partial charge in [0.1, 0.15) is 0 Å². The Balaban J connectivity index is 2.26. The molecule has 0 saturated heterocycles. The van der Waals surface area contributed by atoms with Gasteiger partial charge in [-0.05, 0) is 80.2 Å². The maximum atomic E-state index is 13.0. The molecule has 5 nitrogen and oxygen atoms in total. The van der Waals surface area contributed by atoms with Gasteiger partial charge in [-0.15, -0.1) is 0 Å². The van der Waals surface area contributed by atoms with Crippen LogP contribution in [-0.4, -0.2) is 47.7 Å². The van der Waals surface area contributed by atoms with E-state index in [0.717, 1.165) is 56.9 Å². The average molecular weight is 619 g/mol. The van der Waals surface area contributed by atoms with Crippen molar-refractivity contribution < 1.29 is 23.2 Å². The fourth-order valence-corrected chi connectivity index (χ4v) is 8.45. The number of Topliss-reactive ketones (excluding diaryl/α,β-unsaturated/α-hetero) is 1. The van der Waals surface area contributed by atoms with Gasteiger partial charge in [-0.25, -0.2) is 0 Å². The van der Waals surface area contributed by atoms with E-state index in [-0.39, 0.29) is 34.0 Å². The quantitative estimate of drug-likeness (QED) is 0.0798. The van der Waals surface area contributed by atoms with E-state index in [1.165, 1.54) is 7.11 Å². The Morgan fingerprint density at radius 3 is 1.67 bits per heavy atom. The number of rotatable bonds is 16. The molecule has 0 spiro atoms.